The molecule has 4 heteroatoms. The molecule has 0 fully saturated rings. The highest BCUT2D eigenvalue weighted by atomic mass is 32.2. The molecule has 1 aromatic heterocycles. The van der Waals surface area contributed by atoms with Gasteiger partial charge in [0.1, 0.15) is 11.6 Å². The maximum Gasteiger partial charge on any atom is 0.128 e. The van der Waals surface area contributed by atoms with E-state index in [0.717, 1.165) is 41.9 Å². The Bertz CT molecular complexity index is 1090. The van der Waals surface area contributed by atoms with Crippen LogP contribution in [0.4, 0.5) is 4.39 Å². The molecule has 1 heterocycles. The van der Waals surface area contributed by atoms with Gasteiger partial charge >= 0.3 is 0 Å². The summed E-state index contributed by atoms with van der Waals surface area (Å²) in [4.78, 5) is 6.15. The van der Waals surface area contributed by atoms with Crippen LogP contribution in [0.15, 0.2) is 77.7 Å². The molecule has 4 rings (SSSR count). The summed E-state index contributed by atoms with van der Waals surface area (Å²) in [6.07, 6.45) is 2.88. The van der Waals surface area contributed by atoms with Crippen molar-refractivity contribution in [2.75, 3.05) is 5.75 Å². The summed E-state index contributed by atoms with van der Waals surface area (Å²) in [5, 5.41) is 0. The number of rotatable bonds is 8. The molecule has 0 atom stereocenters. The third-order valence-electron chi connectivity index (χ3n) is 5.04. The molecule has 4 aromatic rings. The van der Waals surface area contributed by atoms with Gasteiger partial charge in [0.25, 0.3) is 0 Å². The van der Waals surface area contributed by atoms with Crippen molar-refractivity contribution in [1.29, 1.82) is 0 Å². The second kappa shape index (κ2) is 9.27. The number of fused-ring (bicyclic) bond motifs is 1. The smallest absolute Gasteiger partial charge is 0.128 e. The molecular weight excluding hydrogens is 379 g/mol. The number of benzene rings is 3. The van der Waals surface area contributed by atoms with Gasteiger partial charge in [0.2, 0.25) is 0 Å². The fourth-order valence-corrected chi connectivity index (χ4v) is 4.33. The van der Waals surface area contributed by atoms with Gasteiger partial charge in [-0.05, 0) is 48.4 Å². The number of aromatic nitrogens is 2. The fraction of sp³-hybridized carbons (Fsp3) is 0.240. The van der Waals surface area contributed by atoms with Crippen molar-refractivity contribution in [3.8, 4) is 0 Å². The third kappa shape index (κ3) is 4.70. The summed E-state index contributed by atoms with van der Waals surface area (Å²) >= 11 is 1.86. The topological polar surface area (TPSA) is 17.8 Å². The zero-order valence-electron chi connectivity index (χ0n) is 16.6. The molecule has 2 nitrogen and oxygen atoms in total. The standard InChI is InChI=1S/C25H25FN2S/c1-2-16-29-21-13-14-23-24(17-21)28(18-20-10-6-7-11-22(20)26)25(27-23)15-12-19-8-4-3-5-9-19/h3-11,13-14,17H,2,12,15-16,18H2,1H3. The Labute approximate surface area is 175 Å². The van der Waals surface area contributed by atoms with Gasteiger partial charge in [0.15, 0.2) is 0 Å². The van der Waals surface area contributed by atoms with E-state index in [1.54, 1.807) is 6.07 Å². The number of imidazole rings is 1. The van der Waals surface area contributed by atoms with Gasteiger partial charge in [-0.3, -0.25) is 0 Å². The Morgan fingerprint density at radius 3 is 2.52 bits per heavy atom. The molecule has 0 aliphatic rings. The highest BCUT2D eigenvalue weighted by molar-refractivity contribution is 7.99. The van der Waals surface area contributed by atoms with E-state index in [4.69, 9.17) is 4.98 Å². The van der Waals surface area contributed by atoms with Crippen LogP contribution in [0.1, 0.15) is 30.3 Å². The van der Waals surface area contributed by atoms with Gasteiger partial charge in [-0.1, -0.05) is 55.5 Å². The Kier molecular flexibility index (Phi) is 6.30. The Morgan fingerprint density at radius 2 is 1.72 bits per heavy atom. The van der Waals surface area contributed by atoms with Crippen LogP contribution in [0.3, 0.4) is 0 Å². The zero-order chi connectivity index (χ0) is 20.1. The summed E-state index contributed by atoms with van der Waals surface area (Å²) in [6.45, 7) is 2.69. The Morgan fingerprint density at radius 1 is 0.931 bits per heavy atom. The Hall–Kier alpha value is -2.59. The van der Waals surface area contributed by atoms with Crippen LogP contribution < -0.4 is 0 Å². The van der Waals surface area contributed by atoms with Crippen molar-refractivity contribution in [2.24, 2.45) is 0 Å². The van der Waals surface area contributed by atoms with Crippen LogP contribution in [-0.2, 0) is 19.4 Å². The highest BCUT2D eigenvalue weighted by Gasteiger charge is 2.14. The molecule has 0 aliphatic carbocycles. The first-order chi connectivity index (χ1) is 14.2. The second-order valence-electron chi connectivity index (χ2n) is 7.19. The summed E-state index contributed by atoms with van der Waals surface area (Å²) in [7, 11) is 0. The van der Waals surface area contributed by atoms with Crippen molar-refractivity contribution in [1.82, 2.24) is 9.55 Å². The van der Waals surface area contributed by atoms with Crippen LogP contribution in [0.2, 0.25) is 0 Å². The molecule has 0 saturated heterocycles. The van der Waals surface area contributed by atoms with E-state index in [1.807, 2.05) is 30.0 Å². The monoisotopic (exact) mass is 404 g/mol. The van der Waals surface area contributed by atoms with Crippen LogP contribution in [0, 0.1) is 5.82 Å². The molecular formula is C25H25FN2S. The minimum Gasteiger partial charge on any atom is -0.323 e. The van der Waals surface area contributed by atoms with Crippen molar-refractivity contribution in [3.05, 3.63) is 95.6 Å². The normalized spacial score (nSPS) is 11.2. The minimum atomic E-state index is -0.167. The number of halogens is 1. The largest absolute Gasteiger partial charge is 0.323 e. The lowest BCUT2D eigenvalue weighted by Crippen LogP contribution is -2.08. The predicted octanol–water partition coefficient (Wildman–Crippen LogP) is 6.51. The molecule has 0 aliphatic heterocycles. The van der Waals surface area contributed by atoms with Gasteiger partial charge < -0.3 is 4.57 Å². The average Bonchev–Trinajstić information content (AvgIpc) is 3.10. The number of nitrogens with zero attached hydrogens (tertiary/aromatic N) is 2. The molecule has 0 bridgehead atoms. The van der Waals surface area contributed by atoms with Crippen molar-refractivity contribution < 1.29 is 4.39 Å². The molecule has 0 N–H and O–H groups in total. The first kappa shape index (κ1) is 19.7. The first-order valence-corrected chi connectivity index (χ1v) is 11.1. The zero-order valence-corrected chi connectivity index (χ0v) is 17.5. The van der Waals surface area contributed by atoms with Gasteiger partial charge in [-0.2, -0.15) is 0 Å². The SMILES string of the molecule is CCCSc1ccc2nc(CCc3ccccc3)n(Cc3ccccc3F)c2c1. The molecule has 0 saturated carbocycles. The average molecular weight is 405 g/mol. The lowest BCUT2D eigenvalue weighted by atomic mass is 10.1. The summed E-state index contributed by atoms with van der Waals surface area (Å²) in [5.74, 6) is 1.93. The van der Waals surface area contributed by atoms with Gasteiger partial charge in [-0.15, -0.1) is 11.8 Å². The van der Waals surface area contributed by atoms with Gasteiger partial charge in [-0.25, -0.2) is 9.37 Å². The third-order valence-corrected chi connectivity index (χ3v) is 6.24. The summed E-state index contributed by atoms with van der Waals surface area (Å²) in [6, 6.07) is 23.9. The molecule has 0 spiro atoms. The van der Waals surface area contributed by atoms with E-state index >= 15 is 0 Å². The number of hydrogen-bond donors (Lipinski definition) is 0. The van der Waals surface area contributed by atoms with Gasteiger partial charge in [0, 0.05) is 16.9 Å². The van der Waals surface area contributed by atoms with Crippen LogP contribution in [-0.4, -0.2) is 15.3 Å². The molecule has 148 valence electrons. The molecule has 29 heavy (non-hydrogen) atoms. The van der Waals surface area contributed by atoms with Gasteiger partial charge in [0.05, 0.1) is 17.6 Å². The molecule has 3 aromatic carbocycles. The molecule has 0 amide bonds. The molecule has 0 radical (unpaired) electrons. The van der Waals surface area contributed by atoms with Crippen molar-refractivity contribution in [3.63, 3.8) is 0 Å². The predicted molar refractivity (Wildman–Crippen MR) is 120 cm³/mol. The van der Waals surface area contributed by atoms with E-state index < -0.39 is 0 Å². The van der Waals surface area contributed by atoms with E-state index in [0.29, 0.717) is 12.1 Å². The van der Waals surface area contributed by atoms with E-state index in [-0.39, 0.29) is 5.82 Å². The van der Waals surface area contributed by atoms with Crippen LogP contribution >= 0.6 is 11.8 Å². The van der Waals surface area contributed by atoms with Crippen LogP contribution in [0.25, 0.3) is 11.0 Å². The minimum absolute atomic E-state index is 0.167. The van der Waals surface area contributed by atoms with E-state index in [9.17, 15) is 4.39 Å². The van der Waals surface area contributed by atoms with Crippen LogP contribution in [0.5, 0.6) is 0 Å². The molecule has 0 unspecified atom stereocenters. The highest BCUT2D eigenvalue weighted by Crippen LogP contribution is 2.26. The summed E-state index contributed by atoms with van der Waals surface area (Å²) in [5.41, 5.74) is 4.04. The van der Waals surface area contributed by atoms with Crippen molar-refractivity contribution >= 4 is 22.8 Å². The first-order valence-electron chi connectivity index (χ1n) is 10.1. The lowest BCUT2D eigenvalue weighted by molar-refractivity contribution is 0.596. The van der Waals surface area contributed by atoms with E-state index in [1.165, 1.54) is 16.5 Å². The maximum atomic E-state index is 14.4. The second-order valence-corrected chi connectivity index (χ2v) is 8.36. The number of thioether (sulfide) groups is 1. The maximum absolute atomic E-state index is 14.4. The summed E-state index contributed by atoms with van der Waals surface area (Å²) < 4.78 is 16.6. The fourth-order valence-electron chi connectivity index (χ4n) is 3.53. The Balaban J connectivity index is 1.71. The lowest BCUT2D eigenvalue weighted by Gasteiger charge is -2.11. The number of aryl methyl sites for hydroxylation is 2. The quantitative estimate of drug-likeness (QED) is 0.312. The van der Waals surface area contributed by atoms with E-state index in [2.05, 4.69) is 54.0 Å². The van der Waals surface area contributed by atoms with Crippen molar-refractivity contribution in [2.45, 2.75) is 37.6 Å². The number of hydrogen-bond acceptors (Lipinski definition) is 2.